The van der Waals surface area contributed by atoms with Crippen LogP contribution >= 0.6 is 11.6 Å². The highest BCUT2D eigenvalue weighted by molar-refractivity contribution is 6.30. The molecule has 0 aliphatic rings. The second-order valence-electron chi connectivity index (χ2n) is 3.95. The third kappa shape index (κ3) is 3.00. The molecule has 0 saturated heterocycles. The molecule has 5 nitrogen and oxygen atoms in total. The van der Waals surface area contributed by atoms with Crippen molar-refractivity contribution in [3.8, 4) is 11.6 Å². The van der Waals surface area contributed by atoms with E-state index in [1.165, 1.54) is 18.2 Å². The Bertz CT molecular complexity index is 644. The predicted molar refractivity (Wildman–Crippen MR) is 70.0 cm³/mol. The number of rotatable bonds is 3. The molecule has 98 valence electrons. The lowest BCUT2D eigenvalue weighted by Crippen LogP contribution is -2.02. The first-order valence-corrected chi connectivity index (χ1v) is 5.86. The van der Waals surface area contributed by atoms with Gasteiger partial charge in [-0.25, -0.2) is 9.78 Å². The first-order chi connectivity index (χ1) is 8.97. The summed E-state index contributed by atoms with van der Waals surface area (Å²) in [6.45, 7) is 3.50. The van der Waals surface area contributed by atoms with Crippen LogP contribution in [0.1, 0.15) is 21.7 Å². The van der Waals surface area contributed by atoms with Gasteiger partial charge in [0, 0.05) is 17.3 Å². The van der Waals surface area contributed by atoms with Crippen molar-refractivity contribution in [1.29, 1.82) is 0 Å². The van der Waals surface area contributed by atoms with Crippen molar-refractivity contribution in [3.63, 3.8) is 0 Å². The van der Waals surface area contributed by atoms with Crippen molar-refractivity contribution in [1.82, 2.24) is 9.97 Å². The molecule has 2 aromatic rings. The fourth-order valence-corrected chi connectivity index (χ4v) is 1.64. The number of carbonyl (C=O) groups is 1. The maximum absolute atomic E-state index is 11.1. The standard InChI is InChI=1S/C13H11ClN2O3/c1-7-6-15-8(2)12(16-7)19-11-5-9(14)3-4-10(11)13(17)18/h3-6H,1-2H3,(H,17,18). The minimum Gasteiger partial charge on any atom is -0.478 e. The van der Waals surface area contributed by atoms with E-state index in [0.29, 0.717) is 16.4 Å². The Morgan fingerprint density at radius 3 is 2.79 bits per heavy atom. The van der Waals surface area contributed by atoms with Crippen molar-refractivity contribution in [2.24, 2.45) is 0 Å². The van der Waals surface area contributed by atoms with Crippen LogP contribution in [0.3, 0.4) is 0 Å². The molecule has 6 heteroatoms. The first kappa shape index (κ1) is 13.3. The van der Waals surface area contributed by atoms with Crippen LogP contribution in [0, 0.1) is 13.8 Å². The molecule has 1 N–H and O–H groups in total. The molecule has 1 aromatic heterocycles. The van der Waals surface area contributed by atoms with Crippen LogP contribution in [0.25, 0.3) is 0 Å². The van der Waals surface area contributed by atoms with Gasteiger partial charge in [0.05, 0.1) is 11.4 Å². The van der Waals surface area contributed by atoms with E-state index in [1.54, 1.807) is 20.0 Å². The summed E-state index contributed by atoms with van der Waals surface area (Å²) in [5.74, 6) is -0.683. The first-order valence-electron chi connectivity index (χ1n) is 5.48. The van der Waals surface area contributed by atoms with Gasteiger partial charge in [0.2, 0.25) is 5.88 Å². The minimum atomic E-state index is -1.09. The van der Waals surface area contributed by atoms with Gasteiger partial charge in [-0.15, -0.1) is 0 Å². The number of ether oxygens (including phenoxy) is 1. The van der Waals surface area contributed by atoms with Crippen molar-refractivity contribution in [2.75, 3.05) is 0 Å². The number of aromatic carboxylic acids is 1. The van der Waals surface area contributed by atoms with Gasteiger partial charge in [0.25, 0.3) is 0 Å². The summed E-state index contributed by atoms with van der Waals surface area (Å²) in [7, 11) is 0. The van der Waals surface area contributed by atoms with E-state index in [-0.39, 0.29) is 17.2 Å². The van der Waals surface area contributed by atoms with Gasteiger partial charge in [-0.05, 0) is 26.0 Å². The van der Waals surface area contributed by atoms with Gasteiger partial charge < -0.3 is 9.84 Å². The Labute approximate surface area is 114 Å². The van der Waals surface area contributed by atoms with Crippen molar-refractivity contribution < 1.29 is 14.6 Å². The molecule has 0 fully saturated rings. The molecule has 0 bridgehead atoms. The summed E-state index contributed by atoms with van der Waals surface area (Å²) in [5.41, 5.74) is 1.27. The quantitative estimate of drug-likeness (QED) is 0.933. The zero-order chi connectivity index (χ0) is 14.0. The molecule has 2 rings (SSSR count). The zero-order valence-electron chi connectivity index (χ0n) is 10.3. The highest BCUT2D eigenvalue weighted by atomic mass is 35.5. The van der Waals surface area contributed by atoms with Gasteiger partial charge in [0.15, 0.2) is 0 Å². The van der Waals surface area contributed by atoms with Crippen LogP contribution < -0.4 is 4.74 Å². The van der Waals surface area contributed by atoms with E-state index < -0.39 is 5.97 Å². The van der Waals surface area contributed by atoms with Crippen molar-refractivity contribution in [2.45, 2.75) is 13.8 Å². The Morgan fingerprint density at radius 2 is 2.11 bits per heavy atom. The largest absolute Gasteiger partial charge is 0.478 e. The summed E-state index contributed by atoms with van der Waals surface area (Å²) < 4.78 is 5.52. The Morgan fingerprint density at radius 1 is 1.37 bits per heavy atom. The number of carboxylic acid groups (broad SMARTS) is 1. The van der Waals surface area contributed by atoms with Gasteiger partial charge in [-0.3, -0.25) is 4.98 Å². The average molecular weight is 279 g/mol. The molecule has 0 atom stereocenters. The number of nitrogens with zero attached hydrogens (tertiary/aromatic N) is 2. The lowest BCUT2D eigenvalue weighted by Gasteiger charge is -2.10. The van der Waals surface area contributed by atoms with Gasteiger partial charge in [0.1, 0.15) is 11.3 Å². The molecular weight excluding hydrogens is 268 g/mol. The molecule has 0 spiro atoms. The second kappa shape index (κ2) is 5.24. The maximum atomic E-state index is 11.1. The Hall–Kier alpha value is -2.14. The van der Waals surface area contributed by atoms with Crippen LogP contribution in [-0.4, -0.2) is 21.0 Å². The number of halogens is 1. The Balaban J connectivity index is 2.45. The molecule has 1 aromatic carbocycles. The van der Waals surface area contributed by atoms with Crippen LogP contribution in [0.2, 0.25) is 5.02 Å². The molecule has 0 aliphatic carbocycles. The zero-order valence-corrected chi connectivity index (χ0v) is 11.1. The molecule has 1 heterocycles. The number of aryl methyl sites for hydroxylation is 2. The van der Waals surface area contributed by atoms with E-state index in [2.05, 4.69) is 9.97 Å². The lowest BCUT2D eigenvalue weighted by molar-refractivity contribution is 0.0694. The smallest absolute Gasteiger partial charge is 0.339 e. The number of hydrogen-bond donors (Lipinski definition) is 1. The third-order valence-electron chi connectivity index (χ3n) is 2.41. The highest BCUT2D eigenvalue weighted by Gasteiger charge is 2.14. The summed E-state index contributed by atoms with van der Waals surface area (Å²) in [6.07, 6.45) is 1.61. The highest BCUT2D eigenvalue weighted by Crippen LogP contribution is 2.28. The van der Waals surface area contributed by atoms with E-state index in [1.807, 2.05) is 0 Å². The number of hydrogen-bond acceptors (Lipinski definition) is 4. The summed E-state index contributed by atoms with van der Waals surface area (Å²) in [4.78, 5) is 19.4. The topological polar surface area (TPSA) is 72.3 Å². The number of carboxylic acids is 1. The monoisotopic (exact) mass is 278 g/mol. The van der Waals surface area contributed by atoms with Crippen LogP contribution in [0.15, 0.2) is 24.4 Å². The molecule has 0 amide bonds. The number of aromatic nitrogens is 2. The Kier molecular flexibility index (Phi) is 3.66. The van der Waals surface area contributed by atoms with Gasteiger partial charge >= 0.3 is 5.97 Å². The summed E-state index contributed by atoms with van der Waals surface area (Å²) in [5, 5.41) is 9.49. The van der Waals surface area contributed by atoms with Crippen molar-refractivity contribution >= 4 is 17.6 Å². The van der Waals surface area contributed by atoms with E-state index in [9.17, 15) is 4.79 Å². The average Bonchev–Trinajstić information content (AvgIpc) is 2.33. The molecule has 0 saturated carbocycles. The predicted octanol–water partition coefficient (Wildman–Crippen LogP) is 3.24. The van der Waals surface area contributed by atoms with Crippen molar-refractivity contribution in [3.05, 3.63) is 46.4 Å². The molecule has 0 unspecified atom stereocenters. The molecular formula is C13H11ClN2O3. The molecule has 0 radical (unpaired) electrons. The fraction of sp³-hybridized carbons (Fsp3) is 0.154. The summed E-state index contributed by atoms with van der Waals surface area (Å²) in [6, 6.07) is 4.32. The van der Waals surface area contributed by atoms with Gasteiger partial charge in [-0.2, -0.15) is 0 Å². The van der Waals surface area contributed by atoms with E-state index >= 15 is 0 Å². The van der Waals surface area contributed by atoms with Crippen LogP contribution in [0.5, 0.6) is 11.6 Å². The normalized spacial score (nSPS) is 10.3. The van der Waals surface area contributed by atoms with Crippen LogP contribution in [-0.2, 0) is 0 Å². The molecule has 19 heavy (non-hydrogen) atoms. The van der Waals surface area contributed by atoms with Crippen LogP contribution in [0.4, 0.5) is 0 Å². The summed E-state index contributed by atoms with van der Waals surface area (Å²) >= 11 is 5.85. The third-order valence-corrected chi connectivity index (χ3v) is 2.65. The van der Waals surface area contributed by atoms with Gasteiger partial charge in [-0.1, -0.05) is 11.6 Å². The van der Waals surface area contributed by atoms with E-state index in [0.717, 1.165) is 0 Å². The maximum Gasteiger partial charge on any atom is 0.339 e. The second-order valence-corrected chi connectivity index (χ2v) is 4.39. The van der Waals surface area contributed by atoms with E-state index in [4.69, 9.17) is 21.4 Å². The molecule has 0 aliphatic heterocycles. The fourth-order valence-electron chi connectivity index (χ4n) is 1.47. The lowest BCUT2D eigenvalue weighted by atomic mass is 10.2. The SMILES string of the molecule is Cc1cnc(C)c(Oc2cc(Cl)ccc2C(=O)O)n1. The number of benzene rings is 1. The minimum absolute atomic E-state index is 0.0205.